The van der Waals surface area contributed by atoms with E-state index in [-0.39, 0.29) is 22.8 Å². The summed E-state index contributed by atoms with van der Waals surface area (Å²) in [6.45, 7) is -3.07. The third kappa shape index (κ3) is 1.92. The lowest BCUT2D eigenvalue weighted by Crippen LogP contribution is -2.05. The van der Waals surface area contributed by atoms with Gasteiger partial charge in [0.25, 0.3) is 0 Å². The fraction of sp³-hybridized carbons (Fsp3) is 0.200. The number of fused-ring (bicyclic) bond motifs is 1. The lowest BCUT2D eigenvalue weighted by Gasteiger charge is -2.06. The van der Waals surface area contributed by atoms with Crippen LogP contribution in [0.2, 0.25) is 0 Å². The Bertz CT molecular complexity index is 624. The minimum absolute atomic E-state index is 0.0756. The van der Waals surface area contributed by atoms with Gasteiger partial charge in [0.15, 0.2) is 5.75 Å². The fourth-order valence-corrected chi connectivity index (χ4v) is 1.58. The summed E-state index contributed by atoms with van der Waals surface area (Å²) in [5, 5.41) is 8.90. The number of imidazole rings is 1. The van der Waals surface area contributed by atoms with Gasteiger partial charge >= 0.3 is 12.6 Å². The number of ether oxygens (including phenoxy) is 1. The molecular formula is C10H9F2N3O3. The Kier molecular flexibility index (Phi) is 2.77. The number of carboxylic acid groups (broad SMARTS) is 1. The molecule has 0 bridgehead atoms. The lowest BCUT2D eigenvalue weighted by atomic mass is 10.2. The van der Waals surface area contributed by atoms with E-state index in [1.807, 2.05) is 0 Å². The third-order valence-electron chi connectivity index (χ3n) is 2.45. The molecule has 0 aliphatic carbocycles. The number of alkyl halides is 2. The number of carboxylic acids is 1. The molecule has 0 fully saturated rings. The van der Waals surface area contributed by atoms with Gasteiger partial charge in [-0.1, -0.05) is 0 Å². The molecule has 0 aliphatic heterocycles. The average Bonchev–Trinajstić information content (AvgIpc) is 2.55. The molecule has 96 valence electrons. The van der Waals surface area contributed by atoms with Crippen LogP contribution in [0, 0.1) is 0 Å². The van der Waals surface area contributed by atoms with Crippen molar-refractivity contribution in [1.82, 2.24) is 9.55 Å². The molecular weight excluding hydrogens is 248 g/mol. The van der Waals surface area contributed by atoms with Crippen molar-refractivity contribution in [2.45, 2.75) is 6.61 Å². The van der Waals surface area contributed by atoms with E-state index in [2.05, 4.69) is 9.72 Å². The number of aryl methyl sites for hydroxylation is 1. The van der Waals surface area contributed by atoms with Gasteiger partial charge in [-0.3, -0.25) is 0 Å². The highest BCUT2D eigenvalue weighted by Gasteiger charge is 2.17. The maximum atomic E-state index is 12.3. The molecule has 0 saturated carbocycles. The van der Waals surface area contributed by atoms with Crippen LogP contribution in [-0.4, -0.2) is 27.2 Å². The normalized spacial score (nSPS) is 11.1. The van der Waals surface area contributed by atoms with Gasteiger partial charge in [-0.25, -0.2) is 9.78 Å². The molecule has 0 unspecified atom stereocenters. The molecule has 18 heavy (non-hydrogen) atoms. The van der Waals surface area contributed by atoms with E-state index in [9.17, 15) is 13.6 Å². The van der Waals surface area contributed by atoms with Crippen LogP contribution in [0.25, 0.3) is 11.0 Å². The van der Waals surface area contributed by atoms with E-state index >= 15 is 0 Å². The number of rotatable bonds is 3. The molecule has 0 radical (unpaired) electrons. The first-order valence-corrected chi connectivity index (χ1v) is 4.84. The zero-order valence-corrected chi connectivity index (χ0v) is 9.22. The Labute approximate surface area is 99.6 Å². The van der Waals surface area contributed by atoms with Crippen LogP contribution in [0.4, 0.5) is 14.7 Å². The van der Waals surface area contributed by atoms with Gasteiger partial charge in [0.05, 0.1) is 11.1 Å². The Morgan fingerprint density at radius 1 is 1.56 bits per heavy atom. The number of halogens is 2. The minimum Gasteiger partial charge on any atom is -0.478 e. The van der Waals surface area contributed by atoms with Gasteiger partial charge in [-0.15, -0.1) is 0 Å². The number of benzene rings is 1. The molecule has 6 nitrogen and oxygen atoms in total. The molecule has 8 heteroatoms. The van der Waals surface area contributed by atoms with Crippen molar-refractivity contribution in [2.75, 3.05) is 5.73 Å². The SMILES string of the molecule is Cn1c(N)nc2c(OC(F)F)cc(C(=O)O)cc21. The quantitative estimate of drug-likeness (QED) is 0.868. The summed E-state index contributed by atoms with van der Waals surface area (Å²) in [6.07, 6.45) is 0. The predicted octanol–water partition coefficient (Wildman–Crippen LogP) is 1.46. The fourth-order valence-electron chi connectivity index (χ4n) is 1.58. The summed E-state index contributed by atoms with van der Waals surface area (Å²) in [6, 6.07) is 2.28. The van der Waals surface area contributed by atoms with Crippen molar-refractivity contribution in [1.29, 1.82) is 0 Å². The number of nitrogens with zero attached hydrogens (tertiary/aromatic N) is 2. The molecule has 0 atom stereocenters. The maximum Gasteiger partial charge on any atom is 0.387 e. The molecule has 0 spiro atoms. The van der Waals surface area contributed by atoms with Crippen molar-refractivity contribution in [3.8, 4) is 5.75 Å². The number of nitrogen functional groups attached to an aromatic ring is 1. The topological polar surface area (TPSA) is 90.4 Å². The van der Waals surface area contributed by atoms with Crippen molar-refractivity contribution in [2.24, 2.45) is 7.05 Å². The van der Waals surface area contributed by atoms with E-state index in [0.717, 1.165) is 6.07 Å². The number of nitrogens with two attached hydrogens (primary N) is 1. The largest absolute Gasteiger partial charge is 0.478 e. The summed E-state index contributed by atoms with van der Waals surface area (Å²) < 4.78 is 30.2. The van der Waals surface area contributed by atoms with E-state index in [0.29, 0.717) is 5.52 Å². The third-order valence-corrected chi connectivity index (χ3v) is 2.45. The second kappa shape index (κ2) is 4.13. The van der Waals surface area contributed by atoms with Crippen molar-refractivity contribution < 1.29 is 23.4 Å². The number of anilines is 1. The zero-order chi connectivity index (χ0) is 13.4. The summed E-state index contributed by atoms with van der Waals surface area (Å²) >= 11 is 0. The minimum atomic E-state index is -3.07. The Balaban J connectivity index is 2.72. The van der Waals surface area contributed by atoms with Gasteiger partial charge < -0.3 is 20.1 Å². The van der Waals surface area contributed by atoms with E-state index in [1.54, 1.807) is 7.05 Å². The Morgan fingerprint density at radius 3 is 2.78 bits per heavy atom. The van der Waals surface area contributed by atoms with Gasteiger partial charge in [0.2, 0.25) is 5.95 Å². The van der Waals surface area contributed by atoms with Gasteiger partial charge in [-0.2, -0.15) is 8.78 Å². The lowest BCUT2D eigenvalue weighted by molar-refractivity contribution is -0.0489. The standard InChI is InChI=1S/C10H9F2N3O3/c1-15-5-2-4(8(16)17)3-6(18-9(11)12)7(5)14-10(15)13/h2-3,9H,1H3,(H2,13,14)(H,16,17). The van der Waals surface area contributed by atoms with Crippen molar-refractivity contribution >= 4 is 23.0 Å². The predicted molar refractivity (Wildman–Crippen MR) is 58.7 cm³/mol. The first-order chi connectivity index (χ1) is 8.40. The summed E-state index contributed by atoms with van der Waals surface area (Å²) in [5.41, 5.74) is 5.77. The highest BCUT2D eigenvalue weighted by molar-refractivity contribution is 5.95. The monoisotopic (exact) mass is 257 g/mol. The van der Waals surface area contributed by atoms with E-state index in [4.69, 9.17) is 10.8 Å². The van der Waals surface area contributed by atoms with Crippen molar-refractivity contribution in [3.05, 3.63) is 17.7 Å². The second-order valence-electron chi connectivity index (χ2n) is 3.55. The molecule has 1 aromatic carbocycles. The zero-order valence-electron chi connectivity index (χ0n) is 9.22. The highest BCUT2D eigenvalue weighted by Crippen LogP contribution is 2.29. The highest BCUT2D eigenvalue weighted by atomic mass is 19.3. The van der Waals surface area contributed by atoms with Crippen molar-refractivity contribution in [3.63, 3.8) is 0 Å². The maximum absolute atomic E-state index is 12.3. The van der Waals surface area contributed by atoms with Crippen LogP contribution in [0.3, 0.4) is 0 Å². The van der Waals surface area contributed by atoms with Crippen LogP contribution in [0.1, 0.15) is 10.4 Å². The molecule has 2 aromatic rings. The first kappa shape index (κ1) is 12.1. The smallest absolute Gasteiger partial charge is 0.387 e. The number of hydrogen-bond acceptors (Lipinski definition) is 4. The molecule has 2 rings (SSSR count). The number of carbonyl (C=O) groups is 1. The van der Waals surface area contributed by atoms with Crippen LogP contribution < -0.4 is 10.5 Å². The number of hydrogen-bond donors (Lipinski definition) is 2. The molecule has 0 aliphatic rings. The first-order valence-electron chi connectivity index (χ1n) is 4.84. The summed E-state index contributed by atoms with van der Waals surface area (Å²) in [7, 11) is 1.54. The Morgan fingerprint density at radius 2 is 2.22 bits per heavy atom. The van der Waals surface area contributed by atoms with Crippen LogP contribution in [0.15, 0.2) is 12.1 Å². The van der Waals surface area contributed by atoms with Gasteiger partial charge in [-0.05, 0) is 12.1 Å². The van der Waals surface area contributed by atoms with Crippen LogP contribution in [0.5, 0.6) is 5.75 Å². The number of aromatic carboxylic acids is 1. The van der Waals surface area contributed by atoms with E-state index < -0.39 is 12.6 Å². The summed E-state index contributed by atoms with van der Waals surface area (Å²) in [5.74, 6) is -1.49. The molecule has 0 saturated heterocycles. The van der Waals surface area contributed by atoms with Crippen LogP contribution >= 0.6 is 0 Å². The number of aromatic nitrogens is 2. The molecule has 1 aromatic heterocycles. The van der Waals surface area contributed by atoms with E-state index in [1.165, 1.54) is 10.6 Å². The average molecular weight is 257 g/mol. The van der Waals surface area contributed by atoms with Crippen LogP contribution in [-0.2, 0) is 7.05 Å². The molecule has 0 amide bonds. The molecule has 3 N–H and O–H groups in total. The second-order valence-corrected chi connectivity index (χ2v) is 3.55. The van der Waals surface area contributed by atoms with Gasteiger partial charge in [0, 0.05) is 7.05 Å². The van der Waals surface area contributed by atoms with Gasteiger partial charge in [0.1, 0.15) is 5.52 Å². The Hall–Kier alpha value is -2.38. The summed E-state index contributed by atoms with van der Waals surface area (Å²) in [4.78, 5) is 14.8. The molecule has 1 heterocycles.